The van der Waals surface area contributed by atoms with E-state index in [0.717, 1.165) is 34.1 Å². The lowest BCUT2D eigenvalue weighted by atomic mass is 10.2. The standard InChI is InChI=1S/C21H19N5O4/c22-20-15(9-23-7-13-1-3-16-18(5-13)29-11-27-16)21(26-10-25-20)24-8-14-2-4-17-19(6-14)30-12-28-17/h1-6,9-10H,7-8,11-12H2,(H3,22,24,25,26)/b23-9+. The van der Waals surface area contributed by atoms with Crippen molar-refractivity contribution in [2.75, 3.05) is 24.6 Å². The van der Waals surface area contributed by atoms with Crippen molar-refractivity contribution < 1.29 is 18.9 Å². The molecule has 0 bridgehead atoms. The predicted octanol–water partition coefficient (Wildman–Crippen LogP) is 2.75. The second kappa shape index (κ2) is 7.78. The minimum absolute atomic E-state index is 0.248. The highest BCUT2D eigenvalue weighted by molar-refractivity contribution is 5.91. The fourth-order valence-electron chi connectivity index (χ4n) is 3.20. The Morgan fingerprint density at radius 1 is 0.900 bits per heavy atom. The number of fused-ring (bicyclic) bond motifs is 2. The average Bonchev–Trinajstić information content (AvgIpc) is 3.42. The van der Waals surface area contributed by atoms with Crippen LogP contribution in [0.25, 0.3) is 0 Å². The molecule has 0 aliphatic carbocycles. The minimum Gasteiger partial charge on any atom is -0.454 e. The highest BCUT2D eigenvalue weighted by atomic mass is 16.7. The van der Waals surface area contributed by atoms with Gasteiger partial charge < -0.3 is 30.0 Å². The van der Waals surface area contributed by atoms with Crippen LogP contribution in [0.3, 0.4) is 0 Å². The molecule has 2 aliphatic rings. The molecule has 3 N–H and O–H groups in total. The summed E-state index contributed by atoms with van der Waals surface area (Å²) < 4.78 is 21.5. The first-order valence-corrected chi connectivity index (χ1v) is 9.37. The third kappa shape index (κ3) is 3.64. The van der Waals surface area contributed by atoms with Gasteiger partial charge in [0.25, 0.3) is 0 Å². The number of nitrogens with zero attached hydrogens (tertiary/aromatic N) is 3. The molecule has 0 fully saturated rings. The Labute approximate surface area is 172 Å². The van der Waals surface area contributed by atoms with Crippen LogP contribution in [0.2, 0.25) is 0 Å². The zero-order valence-corrected chi connectivity index (χ0v) is 16.0. The van der Waals surface area contributed by atoms with Gasteiger partial charge in [-0.1, -0.05) is 12.1 Å². The summed E-state index contributed by atoms with van der Waals surface area (Å²) in [5.74, 6) is 3.93. The summed E-state index contributed by atoms with van der Waals surface area (Å²) in [6.07, 6.45) is 3.11. The maximum Gasteiger partial charge on any atom is 0.231 e. The molecule has 0 radical (unpaired) electrons. The van der Waals surface area contributed by atoms with Gasteiger partial charge in [-0.25, -0.2) is 9.97 Å². The van der Waals surface area contributed by atoms with E-state index in [4.69, 9.17) is 24.7 Å². The monoisotopic (exact) mass is 405 g/mol. The smallest absolute Gasteiger partial charge is 0.231 e. The fourth-order valence-corrected chi connectivity index (χ4v) is 3.20. The molecule has 2 aromatic carbocycles. The number of nitrogens with two attached hydrogens (primary N) is 1. The largest absolute Gasteiger partial charge is 0.454 e. The van der Waals surface area contributed by atoms with E-state index in [0.29, 0.717) is 30.3 Å². The van der Waals surface area contributed by atoms with Gasteiger partial charge in [0.15, 0.2) is 23.0 Å². The first-order valence-electron chi connectivity index (χ1n) is 9.37. The molecular formula is C21H19N5O4. The van der Waals surface area contributed by atoms with E-state index >= 15 is 0 Å². The number of rotatable bonds is 6. The molecule has 0 amide bonds. The Bertz CT molecular complexity index is 1120. The molecule has 9 nitrogen and oxygen atoms in total. The number of anilines is 2. The summed E-state index contributed by atoms with van der Waals surface area (Å²) >= 11 is 0. The third-order valence-electron chi connectivity index (χ3n) is 4.74. The maximum absolute atomic E-state index is 6.06. The number of aromatic nitrogens is 2. The number of hydrogen-bond donors (Lipinski definition) is 2. The molecule has 3 aromatic rings. The molecule has 0 saturated heterocycles. The molecule has 5 rings (SSSR count). The predicted molar refractivity (Wildman–Crippen MR) is 110 cm³/mol. The van der Waals surface area contributed by atoms with E-state index in [2.05, 4.69) is 20.3 Å². The highest BCUT2D eigenvalue weighted by Crippen LogP contribution is 2.33. The molecule has 9 heteroatoms. The van der Waals surface area contributed by atoms with Crippen molar-refractivity contribution in [2.24, 2.45) is 4.99 Å². The average molecular weight is 405 g/mol. The first-order chi connectivity index (χ1) is 14.8. The van der Waals surface area contributed by atoms with E-state index in [1.165, 1.54) is 6.33 Å². The Hall–Kier alpha value is -4.01. The topological polar surface area (TPSA) is 113 Å². The SMILES string of the molecule is Nc1ncnc(NCc2ccc3c(c2)OCO3)c1/C=N/Cc1ccc2c(c1)OCO2. The summed E-state index contributed by atoms with van der Waals surface area (Å²) in [4.78, 5) is 12.9. The molecule has 0 atom stereocenters. The second-order valence-corrected chi connectivity index (χ2v) is 6.72. The zero-order valence-electron chi connectivity index (χ0n) is 16.0. The van der Waals surface area contributed by atoms with Gasteiger partial charge in [0.1, 0.15) is 18.0 Å². The number of hydrogen-bond acceptors (Lipinski definition) is 9. The maximum atomic E-state index is 6.06. The van der Waals surface area contributed by atoms with Gasteiger partial charge in [0.2, 0.25) is 13.6 Å². The minimum atomic E-state index is 0.248. The third-order valence-corrected chi connectivity index (χ3v) is 4.74. The lowest BCUT2D eigenvalue weighted by molar-refractivity contribution is 0.173. The number of nitrogen functional groups attached to an aromatic ring is 1. The van der Waals surface area contributed by atoms with Crippen molar-refractivity contribution in [2.45, 2.75) is 13.1 Å². The van der Waals surface area contributed by atoms with Crippen molar-refractivity contribution in [1.29, 1.82) is 0 Å². The Morgan fingerprint density at radius 3 is 2.33 bits per heavy atom. The molecule has 1 aromatic heterocycles. The molecule has 2 aliphatic heterocycles. The van der Waals surface area contributed by atoms with Crippen LogP contribution in [0.1, 0.15) is 16.7 Å². The molecule has 30 heavy (non-hydrogen) atoms. The molecule has 152 valence electrons. The lowest BCUT2D eigenvalue weighted by Crippen LogP contribution is -2.08. The van der Waals surface area contributed by atoms with Crippen LogP contribution in [-0.2, 0) is 13.1 Å². The summed E-state index contributed by atoms with van der Waals surface area (Å²) in [7, 11) is 0. The van der Waals surface area contributed by atoms with E-state index in [1.807, 2.05) is 36.4 Å². The summed E-state index contributed by atoms with van der Waals surface area (Å²) in [6.45, 7) is 1.50. The highest BCUT2D eigenvalue weighted by Gasteiger charge is 2.14. The van der Waals surface area contributed by atoms with Gasteiger partial charge in [-0.2, -0.15) is 0 Å². The van der Waals surface area contributed by atoms with E-state index in [-0.39, 0.29) is 13.6 Å². The van der Waals surface area contributed by atoms with E-state index < -0.39 is 0 Å². The number of benzene rings is 2. The normalized spacial score (nSPS) is 13.7. The first kappa shape index (κ1) is 18.0. The van der Waals surface area contributed by atoms with Crippen LogP contribution in [0.15, 0.2) is 47.7 Å². The summed E-state index contributed by atoms with van der Waals surface area (Å²) in [6, 6.07) is 11.6. The van der Waals surface area contributed by atoms with Crippen LogP contribution < -0.4 is 30.0 Å². The molecule has 3 heterocycles. The van der Waals surface area contributed by atoms with Crippen LogP contribution in [-0.4, -0.2) is 29.8 Å². The van der Waals surface area contributed by atoms with Gasteiger partial charge in [0, 0.05) is 12.8 Å². The molecular weight excluding hydrogens is 386 g/mol. The quantitative estimate of drug-likeness (QED) is 0.602. The fraction of sp³-hybridized carbons (Fsp3) is 0.190. The molecule has 0 spiro atoms. The van der Waals surface area contributed by atoms with Crippen molar-refractivity contribution in [1.82, 2.24) is 9.97 Å². The van der Waals surface area contributed by atoms with Crippen LogP contribution >= 0.6 is 0 Å². The van der Waals surface area contributed by atoms with Gasteiger partial charge in [-0.3, -0.25) is 4.99 Å². The van der Waals surface area contributed by atoms with Crippen LogP contribution in [0, 0.1) is 0 Å². The summed E-state index contributed by atoms with van der Waals surface area (Å²) in [5.41, 5.74) is 8.73. The number of ether oxygens (including phenoxy) is 4. The van der Waals surface area contributed by atoms with E-state index in [9.17, 15) is 0 Å². The van der Waals surface area contributed by atoms with Gasteiger partial charge >= 0.3 is 0 Å². The summed E-state index contributed by atoms with van der Waals surface area (Å²) in [5, 5.41) is 3.29. The molecule has 0 saturated carbocycles. The van der Waals surface area contributed by atoms with Gasteiger partial charge in [0.05, 0.1) is 12.1 Å². The van der Waals surface area contributed by atoms with Crippen LogP contribution in [0.4, 0.5) is 11.6 Å². The molecule has 0 unspecified atom stereocenters. The Balaban J connectivity index is 1.29. The van der Waals surface area contributed by atoms with E-state index in [1.54, 1.807) is 6.21 Å². The van der Waals surface area contributed by atoms with Crippen LogP contribution in [0.5, 0.6) is 23.0 Å². The zero-order chi connectivity index (χ0) is 20.3. The van der Waals surface area contributed by atoms with Crippen molar-refractivity contribution >= 4 is 17.9 Å². The lowest BCUT2D eigenvalue weighted by Gasteiger charge is -2.10. The number of nitrogens with one attached hydrogen (secondary N) is 1. The van der Waals surface area contributed by atoms with Crippen molar-refractivity contribution in [3.8, 4) is 23.0 Å². The Morgan fingerprint density at radius 2 is 1.57 bits per heavy atom. The number of aliphatic imine (C=N–C) groups is 1. The van der Waals surface area contributed by atoms with Gasteiger partial charge in [-0.05, 0) is 35.4 Å². The second-order valence-electron chi connectivity index (χ2n) is 6.72. The van der Waals surface area contributed by atoms with Gasteiger partial charge in [-0.15, -0.1) is 0 Å². The Kier molecular flexibility index (Phi) is 4.68. The van der Waals surface area contributed by atoms with Crippen molar-refractivity contribution in [3.63, 3.8) is 0 Å². The van der Waals surface area contributed by atoms with Crippen molar-refractivity contribution in [3.05, 3.63) is 59.4 Å².